The Labute approximate surface area is 261 Å². The lowest BCUT2D eigenvalue weighted by atomic mass is 10.2. The number of hydrogen-bond donors (Lipinski definition) is 0. The average molecular weight is 846 g/mol. The van der Waals surface area contributed by atoms with Crippen LogP contribution in [0.4, 0.5) is 105 Å². The van der Waals surface area contributed by atoms with Gasteiger partial charge in [-0.05, 0) is 5.56 Å². The number of hydrogen-bond acceptors (Lipinski definition) is 5. The van der Waals surface area contributed by atoms with Gasteiger partial charge in [-0.1, -0.05) is 30.3 Å². The third-order valence-electron chi connectivity index (χ3n) is 5.18. The highest BCUT2D eigenvalue weighted by molar-refractivity contribution is 6.89. The first-order chi connectivity index (χ1) is 21.6. The molecule has 0 saturated carbocycles. The van der Waals surface area contributed by atoms with Gasteiger partial charge in [0.15, 0.2) is 0 Å². The topological polar surface area (TPSA) is 61.8 Å². The maximum absolute atomic E-state index is 12.8. The SMILES string of the molecule is CC(=O)O[Si](O[Si](C(F)(F)F)(C(F)(F)F)C(F)(F)F)(C(F)(F)F)C(F)(F)F.O=C(Cc1ccccc1)O[Si](C(F)(F)F)(C(F)(F)F)C(F)(F)F. The van der Waals surface area contributed by atoms with Crippen molar-refractivity contribution in [1.29, 1.82) is 0 Å². The number of halogens is 24. The van der Waals surface area contributed by atoms with Crippen molar-refractivity contribution in [2.24, 2.45) is 0 Å². The molecule has 0 aliphatic heterocycles. The second-order valence-electron chi connectivity index (χ2n) is 8.79. The summed E-state index contributed by atoms with van der Waals surface area (Å²) in [5, 5.41) is 0. The second kappa shape index (κ2) is 14.3. The molecule has 50 heavy (non-hydrogen) atoms. The second-order valence-corrected chi connectivity index (χ2v) is 18.5. The molecular weight excluding hydrogens is 836 g/mol. The summed E-state index contributed by atoms with van der Waals surface area (Å²) in [6, 6.07) is 6.29. The van der Waals surface area contributed by atoms with Crippen LogP contribution in [0.5, 0.6) is 0 Å². The first kappa shape index (κ1) is 47.1. The molecule has 0 fully saturated rings. The Kier molecular flexibility index (Phi) is 13.4. The van der Waals surface area contributed by atoms with E-state index in [4.69, 9.17) is 0 Å². The van der Waals surface area contributed by atoms with E-state index < -0.39 is 90.0 Å². The van der Waals surface area contributed by atoms with Crippen LogP contribution in [0.1, 0.15) is 12.5 Å². The van der Waals surface area contributed by atoms with E-state index in [0.717, 1.165) is 12.1 Å². The third-order valence-corrected chi connectivity index (χ3v) is 15.0. The fourth-order valence-corrected chi connectivity index (χ4v) is 11.0. The minimum absolute atomic E-state index is 0.0908. The van der Waals surface area contributed by atoms with Gasteiger partial charge in [0.1, 0.15) is 0 Å². The monoisotopic (exact) mass is 846 g/mol. The number of carbonyl (C=O) groups is 2. The Morgan fingerprint density at radius 1 is 0.480 bits per heavy atom. The summed E-state index contributed by atoms with van der Waals surface area (Å²) in [6.07, 6.45) is -1.15. The van der Waals surface area contributed by atoms with Crippen molar-refractivity contribution in [2.75, 3.05) is 0 Å². The fourth-order valence-electron chi connectivity index (χ4n) is 3.11. The highest BCUT2D eigenvalue weighted by atomic mass is 28.4. The van der Waals surface area contributed by atoms with E-state index in [2.05, 4.69) is 8.85 Å². The summed E-state index contributed by atoms with van der Waals surface area (Å²) in [7, 11) is -27.6. The minimum atomic E-state index is -9.98. The molecule has 32 heteroatoms. The summed E-state index contributed by atoms with van der Waals surface area (Å²) in [5.41, 5.74) is -0.0908. The van der Waals surface area contributed by atoms with Crippen molar-refractivity contribution in [3.63, 3.8) is 0 Å². The van der Waals surface area contributed by atoms with Gasteiger partial charge < -0.3 is 13.0 Å². The Bertz CT molecular complexity index is 1220. The highest BCUT2D eigenvalue weighted by Gasteiger charge is 2.97. The van der Waals surface area contributed by atoms with E-state index >= 15 is 0 Å². The van der Waals surface area contributed by atoms with E-state index in [1.54, 1.807) is 0 Å². The van der Waals surface area contributed by atoms with Crippen molar-refractivity contribution in [3.8, 4) is 0 Å². The zero-order valence-corrected chi connectivity index (χ0v) is 25.7. The van der Waals surface area contributed by atoms with Gasteiger partial charge in [-0.2, -0.15) is 105 Å². The molecule has 0 radical (unpaired) electrons. The van der Waals surface area contributed by atoms with Crippen LogP contribution in [0.2, 0.25) is 0 Å². The van der Waals surface area contributed by atoms with Crippen LogP contribution in [-0.4, -0.2) is 83.5 Å². The van der Waals surface area contributed by atoms with E-state index in [0.29, 0.717) is 0 Å². The molecule has 0 aromatic heterocycles. The number of benzene rings is 1. The smallest absolute Gasteiger partial charge is 0.496 e. The summed E-state index contributed by atoms with van der Waals surface area (Å²) >= 11 is 0. The van der Waals surface area contributed by atoms with Crippen LogP contribution in [0, 0.1) is 0 Å². The molecule has 292 valence electrons. The molecule has 1 aromatic rings. The molecule has 0 N–H and O–H groups in total. The molecule has 0 spiro atoms. The summed E-state index contributed by atoms with van der Waals surface area (Å²) < 4.78 is 312. The van der Waals surface area contributed by atoms with Crippen LogP contribution >= 0.6 is 0 Å². The Morgan fingerprint density at radius 2 is 0.780 bits per heavy atom. The van der Waals surface area contributed by atoms with Crippen molar-refractivity contribution in [1.82, 2.24) is 0 Å². The van der Waals surface area contributed by atoms with E-state index in [9.17, 15) is 115 Å². The Morgan fingerprint density at radius 3 is 1.02 bits per heavy atom. The van der Waals surface area contributed by atoms with E-state index in [1.165, 1.54) is 18.2 Å². The van der Waals surface area contributed by atoms with Gasteiger partial charge in [0.2, 0.25) is 0 Å². The van der Waals surface area contributed by atoms with Crippen LogP contribution < -0.4 is 0 Å². The molecule has 1 rings (SSSR count). The van der Waals surface area contributed by atoms with Crippen molar-refractivity contribution < 1.29 is 128 Å². The van der Waals surface area contributed by atoms with E-state index in [-0.39, 0.29) is 12.5 Å². The van der Waals surface area contributed by atoms with Crippen molar-refractivity contribution in [2.45, 2.75) is 59.7 Å². The van der Waals surface area contributed by atoms with Gasteiger partial charge in [-0.15, -0.1) is 0 Å². The van der Waals surface area contributed by atoms with Crippen molar-refractivity contribution in [3.05, 3.63) is 35.9 Å². The first-order valence-corrected chi connectivity index (χ1v) is 16.9. The van der Waals surface area contributed by atoms with E-state index in [1.807, 2.05) is 4.12 Å². The van der Waals surface area contributed by atoms with Crippen molar-refractivity contribution >= 4 is 37.1 Å². The standard InChI is InChI=1S/C11H7F9O2Si.C7H3F15O3Si2/c12-9(13,14)23(10(15,16)17,11(18,19)20)22-8(21)6-7-4-2-1-3-5-7;1-2(23)24-27(6(17,18)19,7(20,21)22)25-26(3(8,9)10,4(11,12)13)5(14,15)16/h1-5H,6H2;1H3. The highest BCUT2D eigenvalue weighted by Crippen LogP contribution is 2.56. The lowest BCUT2D eigenvalue weighted by Gasteiger charge is -2.42. The molecule has 0 unspecified atom stereocenters. The van der Waals surface area contributed by atoms with Crippen LogP contribution in [0.15, 0.2) is 30.3 Å². The molecule has 0 bridgehead atoms. The molecule has 0 atom stereocenters. The van der Waals surface area contributed by atoms with Gasteiger partial charge in [0, 0.05) is 6.92 Å². The summed E-state index contributed by atoms with van der Waals surface area (Å²) in [5.74, 6) is -63.5. The molecule has 0 aliphatic rings. The molecule has 0 amide bonds. The molecule has 1 aromatic carbocycles. The fraction of sp³-hybridized carbons (Fsp3) is 0.556. The molecular formula is C18H10F24O5Si3. The number of rotatable bonds is 6. The zero-order chi connectivity index (χ0) is 40.6. The van der Waals surface area contributed by atoms with Gasteiger partial charge in [0.05, 0.1) is 6.42 Å². The Hall–Kier alpha value is -2.91. The van der Waals surface area contributed by atoms with Gasteiger partial charge in [-0.3, -0.25) is 9.59 Å². The van der Waals surface area contributed by atoms with Gasteiger partial charge in [0.25, 0.3) is 11.9 Å². The zero-order valence-electron chi connectivity index (χ0n) is 22.7. The molecule has 0 heterocycles. The predicted octanol–water partition coefficient (Wildman–Crippen LogP) is 8.48. The number of carbonyl (C=O) groups excluding carboxylic acids is 2. The minimum Gasteiger partial charge on any atom is -0.496 e. The van der Waals surface area contributed by atoms with Crippen LogP contribution in [0.25, 0.3) is 0 Å². The largest absolute Gasteiger partial charge is 0.621 e. The molecule has 0 saturated heterocycles. The molecule has 5 nitrogen and oxygen atoms in total. The average Bonchev–Trinajstić information content (AvgIpc) is 2.79. The predicted molar refractivity (Wildman–Crippen MR) is 115 cm³/mol. The third kappa shape index (κ3) is 9.30. The maximum Gasteiger partial charge on any atom is 0.621 e. The van der Waals surface area contributed by atoms with Gasteiger partial charge >= 0.3 is 71.6 Å². The lowest BCUT2D eigenvalue weighted by molar-refractivity contribution is -0.204. The summed E-state index contributed by atoms with van der Waals surface area (Å²) in [4.78, 5) is 21.8. The molecule has 0 aliphatic carbocycles. The number of alkyl halides is 24. The Balaban J connectivity index is 0.000000971. The lowest BCUT2D eigenvalue weighted by Crippen LogP contribution is -2.82. The van der Waals surface area contributed by atoms with Crippen LogP contribution in [-0.2, 0) is 29.0 Å². The first-order valence-electron chi connectivity index (χ1n) is 11.3. The normalized spacial score (nSPS) is 14.8. The maximum atomic E-state index is 12.8. The van der Waals surface area contributed by atoms with Crippen LogP contribution in [0.3, 0.4) is 0 Å². The van der Waals surface area contributed by atoms with Gasteiger partial charge in [-0.25, -0.2) is 0 Å². The quantitative estimate of drug-likeness (QED) is 0.213. The summed E-state index contributed by atoms with van der Waals surface area (Å²) in [6.45, 7) is -0.319.